The number of nitrogens with one attached hydrogen (secondary N) is 1. The molecule has 1 rings (SSSR count). The van der Waals surface area contributed by atoms with Crippen LogP contribution in [0.25, 0.3) is 0 Å². The molecule has 0 aliphatic heterocycles. The number of methoxy groups -OCH3 is 1. The molecule has 0 amide bonds. The lowest BCUT2D eigenvalue weighted by Crippen LogP contribution is -2.12. The molecule has 4 nitrogen and oxygen atoms in total. The molecule has 0 aliphatic carbocycles. The number of carbonyl (C=O) groups is 1. The van der Waals surface area contributed by atoms with Crippen molar-refractivity contribution in [3.8, 4) is 0 Å². The lowest BCUT2D eigenvalue weighted by Gasteiger charge is -2.15. The summed E-state index contributed by atoms with van der Waals surface area (Å²) in [5, 5.41) is 0. The minimum Gasteiger partial charge on any atom is -0.464 e. The van der Waals surface area contributed by atoms with Gasteiger partial charge < -0.3 is 15.5 Å². The topological polar surface area (TPSA) is 68.1 Å². The van der Waals surface area contributed by atoms with E-state index in [2.05, 4.69) is 9.72 Å². The van der Waals surface area contributed by atoms with Gasteiger partial charge in [-0.2, -0.15) is 0 Å². The van der Waals surface area contributed by atoms with E-state index in [0.717, 1.165) is 5.69 Å². The zero-order chi connectivity index (χ0) is 10.9. The molecule has 1 heterocycles. The van der Waals surface area contributed by atoms with Gasteiger partial charge in [0.1, 0.15) is 5.69 Å². The number of nitrogen functional groups attached to an aromatic ring is 1. The molecule has 0 aliphatic rings. The van der Waals surface area contributed by atoms with Crippen LogP contribution in [0, 0.1) is 0 Å². The van der Waals surface area contributed by atoms with Gasteiger partial charge in [-0.25, -0.2) is 4.79 Å². The molecule has 0 spiro atoms. The Bertz CT molecular complexity index is 347. The second-order valence-electron chi connectivity index (χ2n) is 4.25. The molecule has 78 valence electrons. The Balaban J connectivity index is 3.12. The van der Waals surface area contributed by atoms with Gasteiger partial charge in [0.05, 0.1) is 12.8 Å². The van der Waals surface area contributed by atoms with E-state index in [0.29, 0.717) is 11.4 Å². The highest BCUT2D eigenvalue weighted by Gasteiger charge is 2.21. The van der Waals surface area contributed by atoms with Crippen LogP contribution >= 0.6 is 0 Å². The van der Waals surface area contributed by atoms with Crippen LogP contribution in [0.5, 0.6) is 0 Å². The van der Waals surface area contributed by atoms with Gasteiger partial charge in [0.15, 0.2) is 0 Å². The van der Waals surface area contributed by atoms with Gasteiger partial charge in [-0.15, -0.1) is 0 Å². The van der Waals surface area contributed by atoms with E-state index < -0.39 is 5.97 Å². The van der Waals surface area contributed by atoms with Crippen molar-refractivity contribution in [2.45, 2.75) is 26.2 Å². The highest BCUT2D eigenvalue weighted by molar-refractivity contribution is 5.93. The number of ether oxygens (including phenoxy) is 1. The number of anilines is 1. The Morgan fingerprint density at radius 3 is 2.43 bits per heavy atom. The SMILES string of the molecule is COC(=O)c1[nH]c(C(C)(C)C)cc1N. The quantitative estimate of drug-likeness (QED) is 0.671. The van der Waals surface area contributed by atoms with E-state index in [-0.39, 0.29) is 5.41 Å². The normalized spacial score (nSPS) is 11.4. The molecular formula is C10H16N2O2. The van der Waals surface area contributed by atoms with E-state index >= 15 is 0 Å². The van der Waals surface area contributed by atoms with Crippen LogP contribution in [0.3, 0.4) is 0 Å². The maximum Gasteiger partial charge on any atom is 0.356 e. The molecule has 0 atom stereocenters. The highest BCUT2D eigenvalue weighted by atomic mass is 16.5. The van der Waals surface area contributed by atoms with Crippen LogP contribution in [0.2, 0.25) is 0 Å². The van der Waals surface area contributed by atoms with Crippen molar-refractivity contribution in [3.63, 3.8) is 0 Å². The summed E-state index contributed by atoms with van der Waals surface area (Å²) in [7, 11) is 1.33. The fourth-order valence-corrected chi connectivity index (χ4v) is 1.15. The third kappa shape index (κ3) is 1.89. The van der Waals surface area contributed by atoms with Gasteiger partial charge in [-0.3, -0.25) is 0 Å². The van der Waals surface area contributed by atoms with Crippen molar-refractivity contribution in [3.05, 3.63) is 17.5 Å². The lowest BCUT2D eigenvalue weighted by molar-refractivity contribution is 0.0596. The Labute approximate surface area is 83.4 Å². The average Bonchev–Trinajstić information content (AvgIpc) is 2.45. The zero-order valence-corrected chi connectivity index (χ0v) is 8.97. The van der Waals surface area contributed by atoms with Crippen LogP contribution < -0.4 is 5.73 Å². The molecule has 0 saturated heterocycles. The van der Waals surface area contributed by atoms with Gasteiger partial charge >= 0.3 is 5.97 Å². The molecule has 0 aromatic carbocycles. The Kier molecular flexibility index (Phi) is 2.55. The average molecular weight is 196 g/mol. The molecule has 0 fully saturated rings. The summed E-state index contributed by atoms with van der Waals surface area (Å²) in [5.74, 6) is -0.432. The molecule has 14 heavy (non-hydrogen) atoms. The van der Waals surface area contributed by atoms with Gasteiger partial charge in [0, 0.05) is 11.1 Å². The highest BCUT2D eigenvalue weighted by Crippen LogP contribution is 2.25. The number of esters is 1. The van der Waals surface area contributed by atoms with E-state index in [9.17, 15) is 4.79 Å². The molecule has 1 aromatic rings. The molecular weight excluding hydrogens is 180 g/mol. The second kappa shape index (κ2) is 3.36. The number of hydrogen-bond acceptors (Lipinski definition) is 3. The molecule has 4 heteroatoms. The monoisotopic (exact) mass is 196 g/mol. The number of H-pyrrole nitrogens is 1. The largest absolute Gasteiger partial charge is 0.464 e. The predicted molar refractivity (Wildman–Crippen MR) is 55.2 cm³/mol. The maximum atomic E-state index is 11.2. The summed E-state index contributed by atoms with van der Waals surface area (Å²) in [6.45, 7) is 6.12. The van der Waals surface area contributed by atoms with E-state index in [1.807, 2.05) is 20.8 Å². The van der Waals surface area contributed by atoms with Crippen LogP contribution in [0.15, 0.2) is 6.07 Å². The fourth-order valence-electron chi connectivity index (χ4n) is 1.15. The number of nitrogens with two attached hydrogens (primary N) is 1. The summed E-state index contributed by atoms with van der Waals surface area (Å²) in [4.78, 5) is 14.2. The Morgan fingerprint density at radius 1 is 1.50 bits per heavy atom. The van der Waals surface area contributed by atoms with Gasteiger partial charge in [-0.1, -0.05) is 20.8 Å². The molecule has 0 bridgehead atoms. The van der Waals surface area contributed by atoms with Crippen molar-refractivity contribution >= 4 is 11.7 Å². The van der Waals surface area contributed by atoms with Crippen LogP contribution in [-0.2, 0) is 10.2 Å². The number of rotatable bonds is 1. The smallest absolute Gasteiger partial charge is 0.356 e. The van der Waals surface area contributed by atoms with E-state index in [4.69, 9.17) is 5.73 Å². The minimum absolute atomic E-state index is 0.0552. The first kappa shape index (κ1) is 10.6. The lowest BCUT2D eigenvalue weighted by atomic mass is 9.92. The molecule has 1 aromatic heterocycles. The van der Waals surface area contributed by atoms with Gasteiger partial charge in [0.2, 0.25) is 0 Å². The predicted octanol–water partition coefficient (Wildman–Crippen LogP) is 1.68. The molecule has 3 N–H and O–H groups in total. The van der Waals surface area contributed by atoms with Gasteiger partial charge in [0.25, 0.3) is 0 Å². The summed E-state index contributed by atoms with van der Waals surface area (Å²) >= 11 is 0. The van der Waals surface area contributed by atoms with Gasteiger partial charge in [-0.05, 0) is 6.07 Å². The fraction of sp³-hybridized carbons (Fsp3) is 0.500. The standard InChI is InChI=1S/C10H16N2O2/c1-10(2,3)7-5-6(11)8(12-7)9(13)14-4/h5,12H,11H2,1-4H3. The minimum atomic E-state index is -0.432. The maximum absolute atomic E-state index is 11.2. The zero-order valence-electron chi connectivity index (χ0n) is 8.97. The van der Waals surface area contributed by atoms with E-state index in [1.54, 1.807) is 6.07 Å². The summed E-state index contributed by atoms with van der Waals surface area (Å²) in [5.41, 5.74) is 7.32. The Hall–Kier alpha value is -1.45. The third-order valence-electron chi connectivity index (χ3n) is 2.05. The first-order valence-electron chi connectivity index (χ1n) is 4.43. The van der Waals surface area contributed by atoms with Crippen LogP contribution in [-0.4, -0.2) is 18.1 Å². The summed E-state index contributed by atoms with van der Waals surface area (Å²) in [6.07, 6.45) is 0. The van der Waals surface area contributed by atoms with E-state index in [1.165, 1.54) is 7.11 Å². The first-order chi connectivity index (χ1) is 6.36. The van der Waals surface area contributed by atoms with Crippen molar-refractivity contribution in [2.24, 2.45) is 0 Å². The van der Waals surface area contributed by atoms with Crippen molar-refractivity contribution in [1.82, 2.24) is 4.98 Å². The number of carbonyl (C=O) groups excluding carboxylic acids is 1. The van der Waals surface area contributed by atoms with Crippen molar-refractivity contribution in [2.75, 3.05) is 12.8 Å². The molecule has 0 unspecified atom stereocenters. The Morgan fingerprint density at radius 2 is 2.07 bits per heavy atom. The van der Waals surface area contributed by atoms with Crippen molar-refractivity contribution < 1.29 is 9.53 Å². The third-order valence-corrected chi connectivity index (χ3v) is 2.05. The number of aromatic nitrogens is 1. The second-order valence-corrected chi connectivity index (χ2v) is 4.25. The molecule has 0 saturated carbocycles. The number of hydrogen-bond donors (Lipinski definition) is 2. The summed E-state index contributed by atoms with van der Waals surface area (Å²) < 4.78 is 4.59. The number of aromatic amines is 1. The van der Waals surface area contributed by atoms with Crippen LogP contribution in [0.1, 0.15) is 37.0 Å². The summed E-state index contributed by atoms with van der Waals surface area (Å²) in [6, 6.07) is 1.77. The first-order valence-corrected chi connectivity index (χ1v) is 4.43. The van der Waals surface area contributed by atoms with Crippen LogP contribution in [0.4, 0.5) is 5.69 Å². The molecule has 0 radical (unpaired) electrons. The van der Waals surface area contributed by atoms with Crippen molar-refractivity contribution in [1.29, 1.82) is 0 Å².